The monoisotopic (exact) mass is 375 g/mol. The minimum absolute atomic E-state index is 0.257. The largest absolute Gasteiger partial charge is 0.504 e. The van der Waals surface area contributed by atoms with Crippen LogP contribution in [0.3, 0.4) is 0 Å². The van der Waals surface area contributed by atoms with Gasteiger partial charge in [-0.15, -0.1) is 11.3 Å². The maximum Gasteiger partial charge on any atom is 0.205 e. The highest BCUT2D eigenvalue weighted by Crippen LogP contribution is 2.36. The molecule has 0 atom stereocenters. The number of aromatic hydroxyl groups is 3. The molecule has 0 saturated heterocycles. The van der Waals surface area contributed by atoms with Gasteiger partial charge in [-0.1, -0.05) is 23.7 Å². The third kappa shape index (κ3) is 3.38. The Labute approximate surface area is 152 Å². The van der Waals surface area contributed by atoms with Crippen LogP contribution >= 0.6 is 22.9 Å². The summed E-state index contributed by atoms with van der Waals surface area (Å²) in [5.41, 5.74) is 1.91. The first kappa shape index (κ1) is 17.1. The van der Waals surface area contributed by atoms with Gasteiger partial charge in [-0.05, 0) is 24.3 Å². The van der Waals surface area contributed by atoms with Crippen LogP contribution in [0.1, 0.15) is 5.56 Å². The lowest BCUT2D eigenvalue weighted by molar-refractivity contribution is 0.367. The van der Waals surface area contributed by atoms with Crippen LogP contribution in [0.25, 0.3) is 11.3 Å². The summed E-state index contributed by atoms with van der Waals surface area (Å²) in [6.45, 7) is 0. The number of nitrogens with zero attached hydrogens (tertiary/aromatic N) is 3. The minimum atomic E-state index is -0.588. The fourth-order valence-corrected chi connectivity index (χ4v) is 3.21. The number of aromatic nitrogens is 1. The van der Waals surface area contributed by atoms with Crippen molar-refractivity contribution in [1.29, 1.82) is 0 Å². The number of rotatable bonds is 3. The van der Waals surface area contributed by atoms with Crippen molar-refractivity contribution in [2.75, 3.05) is 7.05 Å². The average molecular weight is 376 g/mol. The van der Waals surface area contributed by atoms with E-state index in [0.29, 0.717) is 9.82 Å². The molecule has 8 heteroatoms. The van der Waals surface area contributed by atoms with Crippen LogP contribution in [-0.2, 0) is 0 Å². The third-order valence-electron chi connectivity index (χ3n) is 3.47. The van der Waals surface area contributed by atoms with Gasteiger partial charge in [-0.2, -0.15) is 5.10 Å². The molecule has 2 aromatic carbocycles. The molecule has 0 unspecified atom stereocenters. The Morgan fingerprint density at radius 2 is 1.92 bits per heavy atom. The highest BCUT2D eigenvalue weighted by atomic mass is 35.5. The summed E-state index contributed by atoms with van der Waals surface area (Å²) >= 11 is 7.47. The van der Waals surface area contributed by atoms with Gasteiger partial charge in [0.1, 0.15) is 0 Å². The molecular formula is C17H14ClN3O3S. The Morgan fingerprint density at radius 3 is 2.64 bits per heavy atom. The van der Waals surface area contributed by atoms with Gasteiger partial charge in [0.25, 0.3) is 0 Å². The van der Waals surface area contributed by atoms with Crippen LogP contribution in [0.2, 0.25) is 5.02 Å². The van der Waals surface area contributed by atoms with Gasteiger partial charge >= 0.3 is 0 Å². The molecule has 0 aliphatic heterocycles. The van der Waals surface area contributed by atoms with Crippen molar-refractivity contribution >= 4 is 29.2 Å². The predicted octanol–water partition coefficient (Wildman–Crippen LogP) is 3.40. The first-order valence-corrected chi connectivity index (χ1v) is 8.44. The smallest absolute Gasteiger partial charge is 0.205 e. The summed E-state index contributed by atoms with van der Waals surface area (Å²) < 4.78 is 1.61. The summed E-state index contributed by atoms with van der Waals surface area (Å²) in [6, 6.07) is 10.1. The molecule has 1 aromatic heterocycles. The van der Waals surface area contributed by atoms with Crippen LogP contribution < -0.4 is 4.80 Å². The van der Waals surface area contributed by atoms with Crippen LogP contribution in [0.4, 0.5) is 0 Å². The second-order valence-corrected chi connectivity index (χ2v) is 6.34. The van der Waals surface area contributed by atoms with Crippen molar-refractivity contribution in [2.24, 2.45) is 10.1 Å². The van der Waals surface area contributed by atoms with Crippen LogP contribution in [0.15, 0.2) is 51.9 Å². The molecule has 3 rings (SSSR count). The number of halogens is 1. The van der Waals surface area contributed by atoms with Gasteiger partial charge in [0.2, 0.25) is 10.6 Å². The number of thiazole rings is 1. The van der Waals surface area contributed by atoms with Crippen molar-refractivity contribution in [1.82, 2.24) is 4.68 Å². The Kier molecular flexibility index (Phi) is 4.78. The Morgan fingerprint density at radius 1 is 1.12 bits per heavy atom. The number of hydrogen-bond acceptors (Lipinski definition) is 6. The molecular weight excluding hydrogens is 362 g/mol. The molecule has 0 amide bonds. The molecule has 25 heavy (non-hydrogen) atoms. The lowest BCUT2D eigenvalue weighted by atomic mass is 10.2. The normalized spacial score (nSPS) is 12.2. The van der Waals surface area contributed by atoms with Gasteiger partial charge in [-0.25, -0.2) is 4.68 Å². The lowest BCUT2D eigenvalue weighted by Crippen LogP contribution is -2.11. The minimum Gasteiger partial charge on any atom is -0.504 e. The van der Waals surface area contributed by atoms with E-state index in [2.05, 4.69) is 10.1 Å². The Bertz CT molecular complexity index is 1020. The van der Waals surface area contributed by atoms with Gasteiger partial charge in [0.05, 0.1) is 11.9 Å². The van der Waals surface area contributed by atoms with E-state index in [0.717, 1.165) is 11.3 Å². The van der Waals surface area contributed by atoms with Crippen molar-refractivity contribution in [2.45, 2.75) is 0 Å². The molecule has 128 valence electrons. The molecule has 3 aromatic rings. The zero-order valence-electron chi connectivity index (χ0n) is 13.1. The number of hydrogen-bond donors (Lipinski definition) is 3. The van der Waals surface area contributed by atoms with Gasteiger partial charge in [-0.3, -0.25) is 4.99 Å². The molecule has 0 bridgehead atoms. The van der Waals surface area contributed by atoms with E-state index in [1.54, 1.807) is 17.8 Å². The number of phenolic OH excluding ortho intramolecular Hbond substituents is 3. The number of phenols is 3. The highest BCUT2D eigenvalue weighted by Gasteiger charge is 2.11. The van der Waals surface area contributed by atoms with Crippen molar-refractivity contribution in [3.63, 3.8) is 0 Å². The molecule has 3 N–H and O–H groups in total. The van der Waals surface area contributed by atoms with E-state index in [9.17, 15) is 15.3 Å². The highest BCUT2D eigenvalue weighted by molar-refractivity contribution is 7.07. The van der Waals surface area contributed by atoms with E-state index in [4.69, 9.17) is 11.6 Å². The van der Waals surface area contributed by atoms with Crippen molar-refractivity contribution < 1.29 is 15.3 Å². The zero-order valence-corrected chi connectivity index (χ0v) is 14.7. The van der Waals surface area contributed by atoms with Gasteiger partial charge < -0.3 is 15.3 Å². The zero-order chi connectivity index (χ0) is 18.0. The van der Waals surface area contributed by atoms with Gasteiger partial charge in [0.15, 0.2) is 11.5 Å². The lowest BCUT2D eigenvalue weighted by Gasteiger charge is -2.05. The standard InChI is InChI=1S/C17H14ClN3O3S/c1-19-17-21(13(9-25-17)10-3-2-4-12(18)7-10)20-8-11-5-6-14(22)16(24)15(11)23/h2-9,22-24H,1H3. The first-order valence-electron chi connectivity index (χ1n) is 7.19. The average Bonchev–Trinajstić information content (AvgIpc) is 3.02. The number of benzene rings is 2. The van der Waals surface area contributed by atoms with E-state index < -0.39 is 17.2 Å². The molecule has 0 spiro atoms. The van der Waals surface area contributed by atoms with E-state index in [1.807, 2.05) is 23.6 Å². The second kappa shape index (κ2) is 7.00. The summed E-state index contributed by atoms with van der Waals surface area (Å²) in [7, 11) is 1.66. The first-order chi connectivity index (χ1) is 12.0. The fraction of sp³-hybridized carbons (Fsp3) is 0.0588. The summed E-state index contributed by atoms with van der Waals surface area (Å²) in [4.78, 5) is 4.84. The summed E-state index contributed by atoms with van der Waals surface area (Å²) in [5.74, 6) is -1.43. The van der Waals surface area contributed by atoms with Crippen LogP contribution in [0.5, 0.6) is 17.2 Å². The molecule has 6 nitrogen and oxygen atoms in total. The maximum atomic E-state index is 9.91. The van der Waals surface area contributed by atoms with Crippen LogP contribution in [0, 0.1) is 0 Å². The SMILES string of the molecule is CN=c1scc(-c2cccc(Cl)c2)n1N=Cc1ccc(O)c(O)c1O. The molecule has 0 radical (unpaired) electrons. The van der Waals surface area contributed by atoms with Crippen molar-refractivity contribution in [3.05, 3.63) is 57.2 Å². The van der Waals surface area contributed by atoms with Gasteiger partial charge in [0, 0.05) is 28.6 Å². The third-order valence-corrected chi connectivity index (χ3v) is 4.61. The van der Waals surface area contributed by atoms with Crippen molar-refractivity contribution in [3.8, 4) is 28.5 Å². The summed E-state index contributed by atoms with van der Waals surface area (Å²) in [6.07, 6.45) is 1.38. The Balaban J connectivity index is 2.09. The van der Waals surface area contributed by atoms with E-state index in [-0.39, 0.29) is 5.56 Å². The topological polar surface area (TPSA) is 90.3 Å². The predicted molar refractivity (Wildman–Crippen MR) is 98.7 cm³/mol. The fourth-order valence-electron chi connectivity index (χ4n) is 2.22. The maximum absolute atomic E-state index is 9.91. The quantitative estimate of drug-likeness (QED) is 0.484. The van der Waals surface area contributed by atoms with E-state index >= 15 is 0 Å². The molecule has 0 aliphatic rings. The van der Waals surface area contributed by atoms with E-state index in [1.165, 1.54) is 29.7 Å². The molecule has 0 fully saturated rings. The summed E-state index contributed by atoms with van der Waals surface area (Å²) in [5, 5.41) is 35.8. The Hall–Kier alpha value is -2.77. The second-order valence-electron chi connectivity index (χ2n) is 5.06. The van der Waals surface area contributed by atoms with Crippen LogP contribution in [-0.4, -0.2) is 33.3 Å². The molecule has 0 aliphatic carbocycles. The molecule has 1 heterocycles. The molecule has 0 saturated carbocycles.